The second kappa shape index (κ2) is 6.11. The lowest BCUT2D eigenvalue weighted by molar-refractivity contribution is -0.0517. The van der Waals surface area contributed by atoms with Crippen LogP contribution in [0, 0.1) is 13.8 Å². The lowest BCUT2D eigenvalue weighted by Gasteiger charge is -2.24. The van der Waals surface area contributed by atoms with E-state index in [-0.39, 0.29) is 0 Å². The minimum absolute atomic E-state index is 0.891. The van der Waals surface area contributed by atoms with Crippen LogP contribution in [0.4, 0.5) is 18.9 Å². The van der Waals surface area contributed by atoms with Gasteiger partial charge in [-0.25, -0.2) is 8.42 Å². The summed E-state index contributed by atoms with van der Waals surface area (Å²) in [6.07, 6.45) is 0. The normalized spacial score (nSPS) is 12.7. The molecule has 0 aliphatic carbocycles. The Hall–Kier alpha value is -1.12. The molecule has 0 aliphatic rings. The first kappa shape index (κ1) is 18.9. The molecule has 1 aromatic rings. The molecular formula is C12H18F3NO3S. The van der Waals surface area contributed by atoms with Crippen molar-refractivity contribution >= 4 is 15.8 Å². The van der Waals surface area contributed by atoms with E-state index in [1.807, 2.05) is 0 Å². The number of halogens is 3. The fourth-order valence-electron chi connectivity index (χ4n) is 1.34. The average Bonchev–Trinajstić information content (AvgIpc) is 2.11. The van der Waals surface area contributed by atoms with Crippen molar-refractivity contribution < 1.29 is 26.1 Å². The van der Waals surface area contributed by atoms with Crippen LogP contribution in [0.15, 0.2) is 18.2 Å². The van der Waals surface area contributed by atoms with Crippen LogP contribution in [0.3, 0.4) is 0 Å². The Morgan fingerprint density at radius 3 is 1.50 bits per heavy atom. The van der Waals surface area contributed by atoms with Crippen LogP contribution >= 0.6 is 0 Å². The van der Waals surface area contributed by atoms with Crippen molar-refractivity contribution in [3.05, 3.63) is 29.3 Å². The molecule has 116 valence electrons. The third-order valence-corrected chi connectivity index (χ3v) is 2.83. The fraction of sp³-hybridized carbons (Fsp3) is 0.500. The van der Waals surface area contributed by atoms with Gasteiger partial charge in [-0.05, 0) is 25.0 Å². The molecule has 0 saturated heterocycles. The van der Waals surface area contributed by atoms with Crippen molar-refractivity contribution in [3.63, 3.8) is 0 Å². The van der Waals surface area contributed by atoms with Gasteiger partial charge >= 0.3 is 5.51 Å². The van der Waals surface area contributed by atoms with Crippen molar-refractivity contribution in [1.29, 1.82) is 0 Å². The first-order chi connectivity index (χ1) is 8.64. The van der Waals surface area contributed by atoms with E-state index in [0.29, 0.717) is 0 Å². The van der Waals surface area contributed by atoms with Crippen molar-refractivity contribution in [2.24, 2.45) is 0 Å². The molecule has 0 saturated carbocycles. The topological polar surface area (TPSA) is 57.2 Å². The van der Waals surface area contributed by atoms with Gasteiger partial charge < -0.3 is 4.55 Å². The van der Waals surface area contributed by atoms with Crippen LogP contribution in [-0.4, -0.2) is 39.6 Å². The first-order valence-corrected chi connectivity index (χ1v) is 6.98. The highest BCUT2D eigenvalue weighted by Crippen LogP contribution is 2.21. The molecule has 0 aromatic heterocycles. The number of aryl methyl sites for hydroxylation is 2. The van der Waals surface area contributed by atoms with Gasteiger partial charge in [-0.15, -0.1) is 0 Å². The Labute approximate surface area is 117 Å². The van der Waals surface area contributed by atoms with Crippen LogP contribution < -0.4 is 4.48 Å². The fourth-order valence-corrected chi connectivity index (χ4v) is 1.34. The predicted octanol–water partition coefficient (Wildman–Crippen LogP) is 2.55. The second-order valence-electron chi connectivity index (χ2n) is 5.26. The Morgan fingerprint density at radius 2 is 1.30 bits per heavy atom. The molecule has 0 aliphatic heterocycles. The molecule has 4 nitrogen and oxygen atoms in total. The van der Waals surface area contributed by atoms with Gasteiger partial charge in [0.25, 0.3) is 0 Å². The largest absolute Gasteiger partial charge is 0.741 e. The van der Waals surface area contributed by atoms with E-state index in [0.717, 1.165) is 4.48 Å². The molecule has 0 spiro atoms. The van der Waals surface area contributed by atoms with E-state index in [9.17, 15) is 13.2 Å². The summed E-state index contributed by atoms with van der Waals surface area (Å²) in [4.78, 5) is 0. The summed E-state index contributed by atoms with van der Waals surface area (Å²) >= 11 is 0. The zero-order chi connectivity index (χ0) is 16.4. The zero-order valence-corrected chi connectivity index (χ0v) is 12.8. The Morgan fingerprint density at radius 1 is 1.00 bits per heavy atom. The third-order valence-electron chi connectivity index (χ3n) is 2.26. The molecular weight excluding hydrogens is 295 g/mol. The van der Waals surface area contributed by atoms with E-state index in [1.165, 1.54) is 16.8 Å². The van der Waals surface area contributed by atoms with Gasteiger partial charge in [0.05, 0.1) is 21.1 Å². The van der Waals surface area contributed by atoms with E-state index in [2.05, 4.69) is 53.2 Å². The number of hydrogen-bond donors (Lipinski definition) is 0. The van der Waals surface area contributed by atoms with Crippen LogP contribution in [0.2, 0.25) is 0 Å². The van der Waals surface area contributed by atoms with E-state index in [4.69, 9.17) is 13.0 Å². The van der Waals surface area contributed by atoms with Crippen molar-refractivity contribution in [2.45, 2.75) is 19.4 Å². The SMILES string of the molecule is Cc1cc(C)cc([N+](C)(C)C)c1.O=S(=O)([O-])C(F)(F)F. The minimum atomic E-state index is -6.09. The molecule has 1 rings (SSSR count). The highest BCUT2D eigenvalue weighted by molar-refractivity contribution is 7.86. The van der Waals surface area contributed by atoms with Crippen molar-refractivity contribution in [1.82, 2.24) is 4.48 Å². The summed E-state index contributed by atoms with van der Waals surface area (Å²) in [5.41, 5.74) is -1.59. The highest BCUT2D eigenvalue weighted by atomic mass is 32.2. The maximum atomic E-state index is 10.7. The van der Waals surface area contributed by atoms with Crippen molar-refractivity contribution in [2.75, 3.05) is 21.1 Å². The van der Waals surface area contributed by atoms with Crippen LogP contribution in [0.25, 0.3) is 0 Å². The average molecular weight is 313 g/mol. The predicted molar refractivity (Wildman–Crippen MR) is 71.2 cm³/mol. The van der Waals surface area contributed by atoms with Gasteiger partial charge in [0, 0.05) is 12.1 Å². The molecule has 8 heteroatoms. The monoisotopic (exact) mass is 313 g/mol. The number of quaternary nitrogens is 1. The molecule has 0 atom stereocenters. The molecule has 0 amide bonds. The molecule has 1 aromatic carbocycles. The summed E-state index contributed by atoms with van der Waals surface area (Å²) in [5, 5.41) is 0. The zero-order valence-electron chi connectivity index (χ0n) is 11.9. The smallest absolute Gasteiger partial charge is 0.485 e. The number of rotatable bonds is 1. The maximum Gasteiger partial charge on any atom is 0.485 e. The van der Waals surface area contributed by atoms with Crippen LogP contribution in [-0.2, 0) is 10.1 Å². The molecule has 0 heterocycles. The van der Waals surface area contributed by atoms with Crippen LogP contribution in [0.5, 0.6) is 0 Å². The number of alkyl halides is 3. The van der Waals surface area contributed by atoms with Gasteiger partial charge in [-0.1, -0.05) is 6.07 Å². The summed E-state index contributed by atoms with van der Waals surface area (Å²) in [5.74, 6) is 0. The Kier molecular flexibility index (Phi) is 5.77. The highest BCUT2D eigenvalue weighted by Gasteiger charge is 2.36. The first-order valence-electron chi connectivity index (χ1n) is 5.57. The number of benzene rings is 1. The molecule has 0 unspecified atom stereocenters. The number of hydrogen-bond acceptors (Lipinski definition) is 3. The van der Waals surface area contributed by atoms with Gasteiger partial charge in [-0.2, -0.15) is 13.2 Å². The summed E-state index contributed by atoms with van der Waals surface area (Å²) in [6.45, 7) is 4.29. The van der Waals surface area contributed by atoms with E-state index < -0.39 is 15.6 Å². The van der Waals surface area contributed by atoms with E-state index >= 15 is 0 Å². The standard InChI is InChI=1S/C11H18N.CHF3O3S/c1-9-6-10(2)8-11(7-9)12(3,4)5;2-1(3,4)8(5,6)7/h6-8H,1-5H3;(H,5,6,7)/q+1;/p-1. The summed E-state index contributed by atoms with van der Waals surface area (Å²) < 4.78 is 59.8. The number of nitrogens with zero attached hydrogens (tertiary/aromatic N) is 1. The lowest BCUT2D eigenvalue weighted by atomic mass is 10.1. The third kappa shape index (κ3) is 6.36. The quantitative estimate of drug-likeness (QED) is 0.455. The van der Waals surface area contributed by atoms with Gasteiger partial charge in [0.1, 0.15) is 5.69 Å². The second-order valence-corrected chi connectivity index (χ2v) is 6.63. The molecule has 0 bridgehead atoms. The lowest BCUT2D eigenvalue weighted by Crippen LogP contribution is -2.34. The Bertz CT molecular complexity index is 540. The molecule has 0 N–H and O–H groups in total. The van der Waals surface area contributed by atoms with Crippen molar-refractivity contribution in [3.8, 4) is 0 Å². The maximum absolute atomic E-state index is 10.7. The van der Waals surface area contributed by atoms with Gasteiger partial charge in [-0.3, -0.25) is 4.48 Å². The Balaban J connectivity index is 0.000000396. The van der Waals surface area contributed by atoms with Gasteiger partial charge in [0.15, 0.2) is 10.1 Å². The van der Waals surface area contributed by atoms with Crippen LogP contribution in [0.1, 0.15) is 11.1 Å². The summed E-state index contributed by atoms with van der Waals surface area (Å²) in [6, 6.07) is 6.69. The summed E-state index contributed by atoms with van der Waals surface area (Å²) in [7, 11) is 0.476. The molecule has 20 heavy (non-hydrogen) atoms. The minimum Gasteiger partial charge on any atom is -0.741 e. The molecule has 0 radical (unpaired) electrons. The van der Waals surface area contributed by atoms with E-state index in [1.54, 1.807) is 0 Å². The molecule has 0 fully saturated rings. The van der Waals surface area contributed by atoms with Gasteiger partial charge in [0.2, 0.25) is 0 Å².